The number of nitrogens with one attached hydrogen (secondary N) is 1. The van der Waals surface area contributed by atoms with E-state index in [1.165, 1.54) is 12.8 Å². The highest BCUT2D eigenvalue weighted by Gasteiger charge is 2.15. The number of ether oxygens (including phenoxy) is 1. The Morgan fingerprint density at radius 1 is 1.20 bits per heavy atom. The molecule has 8 nitrogen and oxygen atoms in total. The van der Waals surface area contributed by atoms with Crippen LogP contribution in [0.2, 0.25) is 0 Å². The van der Waals surface area contributed by atoms with Gasteiger partial charge in [-0.2, -0.15) is 5.10 Å². The summed E-state index contributed by atoms with van der Waals surface area (Å²) in [5.74, 6) is 0.622. The lowest BCUT2D eigenvalue weighted by atomic mass is 10.1. The number of carbonyl (C=O) groups is 1. The Labute approximate surface area is 175 Å². The number of para-hydroxylation sites is 1. The van der Waals surface area contributed by atoms with Crippen LogP contribution >= 0.6 is 0 Å². The molecule has 0 atom stereocenters. The fraction of sp³-hybridized carbons (Fsp3) is 0.364. The molecule has 1 saturated heterocycles. The quantitative estimate of drug-likeness (QED) is 0.482. The zero-order valence-corrected chi connectivity index (χ0v) is 17.3. The Hall–Kier alpha value is -3.26. The van der Waals surface area contributed by atoms with Crippen LogP contribution in [0.3, 0.4) is 0 Å². The number of methoxy groups -OCH3 is 1. The summed E-state index contributed by atoms with van der Waals surface area (Å²) in [5.41, 5.74) is 7.02. The fourth-order valence-corrected chi connectivity index (χ4v) is 3.73. The second-order valence-electron chi connectivity index (χ2n) is 7.48. The van der Waals surface area contributed by atoms with Gasteiger partial charge in [-0.15, -0.1) is 5.10 Å². The Morgan fingerprint density at radius 3 is 2.80 bits per heavy atom. The van der Waals surface area contributed by atoms with Crippen molar-refractivity contribution in [2.75, 3.05) is 20.2 Å². The third-order valence-electron chi connectivity index (χ3n) is 5.35. The zero-order valence-electron chi connectivity index (χ0n) is 17.3. The first kappa shape index (κ1) is 20.0. The molecule has 1 fully saturated rings. The molecule has 156 valence electrons. The van der Waals surface area contributed by atoms with Crippen molar-refractivity contribution < 1.29 is 9.53 Å². The van der Waals surface area contributed by atoms with Crippen LogP contribution in [0.15, 0.2) is 47.6 Å². The van der Waals surface area contributed by atoms with E-state index in [1.807, 2.05) is 43.3 Å². The molecular formula is C22H26N6O2. The number of fused-ring (bicyclic) bond motifs is 1. The largest absolute Gasteiger partial charge is 0.496 e. The average Bonchev–Trinajstić information content (AvgIpc) is 3.42. The van der Waals surface area contributed by atoms with Gasteiger partial charge in [0.15, 0.2) is 0 Å². The predicted molar refractivity (Wildman–Crippen MR) is 115 cm³/mol. The minimum atomic E-state index is -0.254. The van der Waals surface area contributed by atoms with Crippen molar-refractivity contribution in [1.82, 2.24) is 25.3 Å². The Kier molecular flexibility index (Phi) is 6.04. The standard InChI is InChI=1S/C22H26N6O2/c1-16(17-9-10-21(30-2)18(13-17)14-27-11-5-6-12-27)23-25-22(29)15-28-20-8-4-3-7-19(20)24-26-28/h3-4,7-10,13H,5-6,11-12,14-15H2,1-2H3,(H,25,29)/b23-16-. The molecule has 0 saturated carbocycles. The summed E-state index contributed by atoms with van der Waals surface area (Å²) in [6.45, 7) is 5.03. The van der Waals surface area contributed by atoms with E-state index in [4.69, 9.17) is 4.74 Å². The van der Waals surface area contributed by atoms with Crippen molar-refractivity contribution >= 4 is 22.7 Å². The van der Waals surface area contributed by atoms with Crippen molar-refractivity contribution in [2.24, 2.45) is 5.10 Å². The third-order valence-corrected chi connectivity index (χ3v) is 5.35. The van der Waals surface area contributed by atoms with Crippen molar-refractivity contribution in [3.8, 4) is 5.75 Å². The topological polar surface area (TPSA) is 84.6 Å². The van der Waals surface area contributed by atoms with E-state index >= 15 is 0 Å². The van der Waals surface area contributed by atoms with Crippen molar-refractivity contribution in [3.63, 3.8) is 0 Å². The van der Waals surface area contributed by atoms with Crippen molar-refractivity contribution in [2.45, 2.75) is 32.9 Å². The lowest BCUT2D eigenvalue weighted by Gasteiger charge is -2.17. The van der Waals surface area contributed by atoms with Gasteiger partial charge in [-0.1, -0.05) is 17.3 Å². The highest BCUT2D eigenvalue weighted by Crippen LogP contribution is 2.23. The van der Waals surface area contributed by atoms with Gasteiger partial charge in [-0.3, -0.25) is 9.69 Å². The monoisotopic (exact) mass is 406 g/mol. The molecule has 2 heterocycles. The molecular weight excluding hydrogens is 380 g/mol. The molecule has 0 aliphatic carbocycles. The molecule has 0 unspecified atom stereocenters. The Morgan fingerprint density at radius 2 is 2.00 bits per heavy atom. The third kappa shape index (κ3) is 4.49. The minimum absolute atomic E-state index is 0.0557. The van der Waals surface area contributed by atoms with Crippen LogP contribution < -0.4 is 10.2 Å². The first-order chi connectivity index (χ1) is 14.6. The maximum absolute atomic E-state index is 12.4. The summed E-state index contributed by atoms with van der Waals surface area (Å²) >= 11 is 0. The van der Waals surface area contributed by atoms with Crippen LogP contribution in [0.5, 0.6) is 5.75 Å². The number of nitrogens with zero attached hydrogens (tertiary/aromatic N) is 5. The molecule has 3 aromatic rings. The van der Waals surface area contributed by atoms with Gasteiger partial charge in [0, 0.05) is 12.1 Å². The number of amides is 1. The van der Waals surface area contributed by atoms with Gasteiger partial charge in [-0.25, -0.2) is 10.1 Å². The lowest BCUT2D eigenvalue weighted by molar-refractivity contribution is -0.121. The number of likely N-dealkylation sites (tertiary alicyclic amines) is 1. The number of carbonyl (C=O) groups excluding carboxylic acids is 1. The molecule has 1 aromatic heterocycles. The minimum Gasteiger partial charge on any atom is -0.496 e. The number of hydrogen-bond acceptors (Lipinski definition) is 6. The molecule has 1 N–H and O–H groups in total. The lowest BCUT2D eigenvalue weighted by Crippen LogP contribution is -2.25. The maximum Gasteiger partial charge on any atom is 0.261 e. The van der Waals surface area contributed by atoms with Crippen molar-refractivity contribution in [1.29, 1.82) is 0 Å². The van der Waals surface area contributed by atoms with E-state index in [-0.39, 0.29) is 12.5 Å². The van der Waals surface area contributed by atoms with Crippen LogP contribution in [0, 0.1) is 0 Å². The summed E-state index contributed by atoms with van der Waals surface area (Å²) in [6, 6.07) is 13.5. The van der Waals surface area contributed by atoms with Gasteiger partial charge in [0.05, 0.1) is 18.3 Å². The maximum atomic E-state index is 12.4. The molecule has 30 heavy (non-hydrogen) atoms. The SMILES string of the molecule is COc1ccc(/C(C)=N\NC(=O)Cn2nnc3ccccc32)cc1CN1CCCC1. The van der Waals surface area contributed by atoms with Gasteiger partial charge in [0.25, 0.3) is 5.91 Å². The molecule has 1 aliphatic rings. The van der Waals surface area contributed by atoms with E-state index < -0.39 is 0 Å². The van der Waals surface area contributed by atoms with E-state index in [2.05, 4.69) is 31.8 Å². The summed E-state index contributed by atoms with van der Waals surface area (Å²) in [7, 11) is 1.69. The van der Waals surface area contributed by atoms with Crippen molar-refractivity contribution in [3.05, 3.63) is 53.6 Å². The van der Waals surface area contributed by atoms with Gasteiger partial charge in [0.1, 0.15) is 17.8 Å². The summed E-state index contributed by atoms with van der Waals surface area (Å²) in [6.07, 6.45) is 2.49. The molecule has 0 radical (unpaired) electrons. The first-order valence-electron chi connectivity index (χ1n) is 10.1. The summed E-state index contributed by atoms with van der Waals surface area (Å²) < 4.78 is 7.10. The Bertz CT molecular complexity index is 1070. The molecule has 1 amide bonds. The number of hydrogen-bond donors (Lipinski definition) is 1. The number of hydrazone groups is 1. The number of benzene rings is 2. The van der Waals surface area contributed by atoms with E-state index in [0.29, 0.717) is 0 Å². The van der Waals surface area contributed by atoms with Crippen LogP contribution in [0.1, 0.15) is 30.9 Å². The van der Waals surface area contributed by atoms with Gasteiger partial charge >= 0.3 is 0 Å². The molecule has 8 heteroatoms. The first-order valence-corrected chi connectivity index (χ1v) is 10.1. The average molecular weight is 406 g/mol. The molecule has 4 rings (SSSR count). The summed E-state index contributed by atoms with van der Waals surface area (Å²) in [4.78, 5) is 14.8. The molecule has 0 spiro atoms. The van der Waals surface area contributed by atoms with Crippen LogP contribution in [0.4, 0.5) is 0 Å². The van der Waals surface area contributed by atoms with E-state index in [9.17, 15) is 4.79 Å². The fourth-order valence-electron chi connectivity index (χ4n) is 3.73. The van der Waals surface area contributed by atoms with Crippen LogP contribution in [0.25, 0.3) is 11.0 Å². The highest BCUT2D eigenvalue weighted by molar-refractivity contribution is 5.99. The van der Waals surface area contributed by atoms with E-state index in [0.717, 1.165) is 53.3 Å². The number of aromatic nitrogens is 3. The second-order valence-corrected chi connectivity index (χ2v) is 7.48. The summed E-state index contributed by atoms with van der Waals surface area (Å²) in [5, 5.41) is 12.4. The number of rotatable bonds is 7. The normalized spacial score (nSPS) is 14.9. The van der Waals surface area contributed by atoms with Gasteiger partial charge in [-0.05, 0) is 68.8 Å². The van der Waals surface area contributed by atoms with Crippen LogP contribution in [-0.2, 0) is 17.9 Å². The van der Waals surface area contributed by atoms with Gasteiger partial charge in [0.2, 0.25) is 0 Å². The van der Waals surface area contributed by atoms with E-state index in [1.54, 1.807) is 11.8 Å². The predicted octanol–water partition coefficient (Wildman–Crippen LogP) is 2.58. The molecule has 1 aliphatic heterocycles. The second kappa shape index (κ2) is 9.04. The molecule has 0 bridgehead atoms. The van der Waals surface area contributed by atoms with Crippen LogP contribution in [-0.4, -0.2) is 51.7 Å². The molecule has 2 aromatic carbocycles. The smallest absolute Gasteiger partial charge is 0.261 e. The zero-order chi connectivity index (χ0) is 20.9. The Balaban J connectivity index is 1.44. The highest BCUT2D eigenvalue weighted by atomic mass is 16.5. The van der Waals surface area contributed by atoms with Gasteiger partial charge < -0.3 is 4.74 Å².